The van der Waals surface area contributed by atoms with Gasteiger partial charge in [-0.3, -0.25) is 24.1 Å². The molecular formula is C10H9N2O4. The van der Waals surface area contributed by atoms with Crippen molar-refractivity contribution in [3.05, 3.63) is 12.2 Å². The zero-order valence-corrected chi connectivity index (χ0v) is 8.38. The normalized spacial score (nSPS) is 24.5. The standard InChI is InChI=1S/C10H9N2O4/c13-7-5-6(10(16)11-7)3-4-12-8(14)1-2-9(12)15/h1-2,6H,3-5H2. The lowest BCUT2D eigenvalue weighted by Gasteiger charge is -2.14. The van der Waals surface area contributed by atoms with Gasteiger partial charge in [-0.1, -0.05) is 0 Å². The van der Waals surface area contributed by atoms with Crippen molar-refractivity contribution in [3.63, 3.8) is 0 Å². The molecule has 2 aliphatic heterocycles. The summed E-state index contributed by atoms with van der Waals surface area (Å²) in [6.07, 6.45) is 2.76. The van der Waals surface area contributed by atoms with E-state index in [0.29, 0.717) is 6.42 Å². The molecule has 0 bridgehead atoms. The molecule has 4 amide bonds. The van der Waals surface area contributed by atoms with Crippen molar-refractivity contribution >= 4 is 23.6 Å². The van der Waals surface area contributed by atoms with Gasteiger partial charge in [0.2, 0.25) is 5.91 Å². The fourth-order valence-corrected chi connectivity index (χ4v) is 1.72. The second kappa shape index (κ2) is 3.88. The van der Waals surface area contributed by atoms with E-state index in [2.05, 4.69) is 5.32 Å². The van der Waals surface area contributed by atoms with E-state index in [0.717, 1.165) is 4.90 Å². The van der Waals surface area contributed by atoms with Crippen LogP contribution in [0.25, 0.3) is 0 Å². The summed E-state index contributed by atoms with van der Waals surface area (Å²) in [5.74, 6) is -2.10. The Morgan fingerprint density at radius 3 is 2.31 bits per heavy atom. The number of carbonyl (C=O) groups is 4. The molecular weight excluding hydrogens is 212 g/mol. The van der Waals surface area contributed by atoms with E-state index in [9.17, 15) is 19.2 Å². The largest absolute Gasteiger partial charge is 0.275 e. The zero-order valence-electron chi connectivity index (χ0n) is 8.38. The van der Waals surface area contributed by atoms with Gasteiger partial charge in [0.1, 0.15) is 0 Å². The summed E-state index contributed by atoms with van der Waals surface area (Å²) >= 11 is 0. The third-order valence-corrected chi connectivity index (χ3v) is 2.61. The van der Waals surface area contributed by atoms with Crippen LogP contribution in [0.2, 0.25) is 0 Å². The molecule has 2 aliphatic rings. The van der Waals surface area contributed by atoms with Gasteiger partial charge in [0.15, 0.2) is 0 Å². The van der Waals surface area contributed by atoms with Crippen molar-refractivity contribution in [1.29, 1.82) is 0 Å². The summed E-state index contributed by atoms with van der Waals surface area (Å²) in [6.45, 7) is 0.157. The van der Waals surface area contributed by atoms with Gasteiger partial charge in [0.05, 0.1) is 5.92 Å². The summed E-state index contributed by atoms with van der Waals surface area (Å²) in [4.78, 5) is 45.4. The second-order valence-electron chi connectivity index (χ2n) is 3.69. The molecule has 0 N–H and O–H groups in total. The summed E-state index contributed by atoms with van der Waals surface area (Å²) in [5.41, 5.74) is 0. The third kappa shape index (κ3) is 1.86. The average Bonchev–Trinajstić information content (AvgIpc) is 2.69. The van der Waals surface area contributed by atoms with Crippen LogP contribution in [0, 0.1) is 5.92 Å². The minimum Gasteiger partial charge on any atom is -0.275 e. The van der Waals surface area contributed by atoms with E-state index in [1.807, 2.05) is 0 Å². The quantitative estimate of drug-likeness (QED) is 0.571. The van der Waals surface area contributed by atoms with Crippen LogP contribution >= 0.6 is 0 Å². The predicted octanol–water partition coefficient (Wildman–Crippen LogP) is -1.02. The molecule has 6 heteroatoms. The molecule has 0 saturated carbocycles. The minimum absolute atomic E-state index is 0.0858. The first-order valence-electron chi connectivity index (χ1n) is 4.90. The number of amides is 4. The van der Waals surface area contributed by atoms with Crippen molar-refractivity contribution in [3.8, 4) is 0 Å². The minimum atomic E-state index is -0.478. The summed E-state index contributed by atoms with van der Waals surface area (Å²) in [5, 5.41) is 3.27. The third-order valence-electron chi connectivity index (χ3n) is 2.61. The van der Waals surface area contributed by atoms with Crippen LogP contribution in [-0.2, 0) is 19.2 Å². The maximum Gasteiger partial charge on any atom is 0.253 e. The number of carbonyl (C=O) groups excluding carboxylic acids is 4. The Balaban J connectivity index is 1.88. The first-order valence-corrected chi connectivity index (χ1v) is 4.90. The Morgan fingerprint density at radius 2 is 1.81 bits per heavy atom. The van der Waals surface area contributed by atoms with Gasteiger partial charge >= 0.3 is 0 Å². The van der Waals surface area contributed by atoms with Crippen molar-refractivity contribution in [1.82, 2.24) is 10.2 Å². The molecule has 1 fully saturated rings. The highest BCUT2D eigenvalue weighted by Gasteiger charge is 2.33. The van der Waals surface area contributed by atoms with Crippen LogP contribution in [0.4, 0.5) is 0 Å². The summed E-state index contributed by atoms with van der Waals surface area (Å²) < 4.78 is 0. The lowest BCUT2D eigenvalue weighted by Crippen LogP contribution is -2.32. The van der Waals surface area contributed by atoms with Crippen LogP contribution < -0.4 is 5.32 Å². The predicted molar refractivity (Wildman–Crippen MR) is 50.7 cm³/mol. The SMILES string of the molecule is O=C1CC(CCN2C(=O)C=CC2=O)C(=O)[N]1. The zero-order chi connectivity index (χ0) is 11.7. The molecule has 16 heavy (non-hydrogen) atoms. The average molecular weight is 221 g/mol. The van der Waals surface area contributed by atoms with Gasteiger partial charge in [-0.25, -0.2) is 0 Å². The van der Waals surface area contributed by atoms with E-state index >= 15 is 0 Å². The Hall–Kier alpha value is -1.98. The molecule has 0 aliphatic carbocycles. The van der Waals surface area contributed by atoms with Gasteiger partial charge in [-0.15, -0.1) is 0 Å². The number of nitrogens with zero attached hydrogens (tertiary/aromatic N) is 2. The fourth-order valence-electron chi connectivity index (χ4n) is 1.72. The van der Waals surface area contributed by atoms with Crippen molar-refractivity contribution in [2.45, 2.75) is 12.8 Å². The molecule has 0 aromatic carbocycles. The van der Waals surface area contributed by atoms with Crippen molar-refractivity contribution in [2.24, 2.45) is 5.92 Å². The molecule has 2 rings (SSSR count). The van der Waals surface area contributed by atoms with Crippen LogP contribution in [0.5, 0.6) is 0 Å². The van der Waals surface area contributed by atoms with E-state index < -0.39 is 17.7 Å². The van der Waals surface area contributed by atoms with E-state index in [1.54, 1.807) is 0 Å². The van der Waals surface area contributed by atoms with Gasteiger partial charge in [0, 0.05) is 25.1 Å². The topological polar surface area (TPSA) is 85.6 Å². The first-order chi connectivity index (χ1) is 7.58. The highest BCUT2D eigenvalue weighted by atomic mass is 16.2. The molecule has 1 radical (unpaired) electrons. The van der Waals surface area contributed by atoms with E-state index in [1.165, 1.54) is 12.2 Å². The number of hydrogen-bond donors (Lipinski definition) is 0. The first kappa shape index (κ1) is 10.5. The van der Waals surface area contributed by atoms with Gasteiger partial charge < -0.3 is 0 Å². The van der Waals surface area contributed by atoms with Gasteiger partial charge in [-0.2, -0.15) is 5.32 Å². The number of rotatable bonds is 3. The van der Waals surface area contributed by atoms with Gasteiger partial charge in [0.25, 0.3) is 17.7 Å². The lowest BCUT2D eigenvalue weighted by molar-refractivity contribution is -0.137. The van der Waals surface area contributed by atoms with Crippen LogP contribution in [0.3, 0.4) is 0 Å². The number of hydrogen-bond acceptors (Lipinski definition) is 4. The Labute approximate surface area is 91.3 Å². The Kier molecular flexibility index (Phi) is 2.55. The Morgan fingerprint density at radius 1 is 1.19 bits per heavy atom. The number of imide groups is 2. The smallest absolute Gasteiger partial charge is 0.253 e. The highest BCUT2D eigenvalue weighted by molar-refractivity contribution is 6.12. The molecule has 0 spiro atoms. The lowest BCUT2D eigenvalue weighted by atomic mass is 10.0. The second-order valence-corrected chi connectivity index (χ2v) is 3.69. The monoisotopic (exact) mass is 221 g/mol. The molecule has 83 valence electrons. The van der Waals surface area contributed by atoms with Gasteiger partial charge in [-0.05, 0) is 6.42 Å². The summed E-state index contributed by atoms with van der Waals surface area (Å²) in [6, 6.07) is 0. The van der Waals surface area contributed by atoms with Crippen LogP contribution in [-0.4, -0.2) is 35.1 Å². The molecule has 0 aromatic rings. The molecule has 2 heterocycles. The summed E-state index contributed by atoms with van der Waals surface area (Å²) in [7, 11) is 0. The molecule has 1 atom stereocenters. The maximum atomic E-state index is 11.2. The van der Waals surface area contributed by atoms with Crippen LogP contribution in [0.1, 0.15) is 12.8 Å². The highest BCUT2D eigenvalue weighted by Crippen LogP contribution is 2.17. The van der Waals surface area contributed by atoms with E-state index in [-0.39, 0.29) is 24.8 Å². The van der Waals surface area contributed by atoms with Crippen molar-refractivity contribution < 1.29 is 19.2 Å². The van der Waals surface area contributed by atoms with E-state index in [4.69, 9.17) is 0 Å². The molecule has 1 saturated heterocycles. The molecule has 1 unspecified atom stereocenters. The Bertz CT molecular complexity index is 395. The van der Waals surface area contributed by atoms with Crippen LogP contribution in [0.15, 0.2) is 12.2 Å². The molecule has 0 aromatic heterocycles. The molecule has 6 nitrogen and oxygen atoms in total. The maximum absolute atomic E-state index is 11.2. The van der Waals surface area contributed by atoms with Crippen molar-refractivity contribution in [2.75, 3.05) is 6.54 Å². The fraction of sp³-hybridized carbons (Fsp3) is 0.400.